The first-order valence-corrected chi connectivity index (χ1v) is 19.0. The van der Waals surface area contributed by atoms with Gasteiger partial charge in [-0.2, -0.15) is 0 Å². The van der Waals surface area contributed by atoms with Gasteiger partial charge in [0.15, 0.2) is 6.17 Å². The van der Waals surface area contributed by atoms with Gasteiger partial charge in [0.1, 0.15) is 22.8 Å². The number of nitrogens with zero attached hydrogens (tertiary/aromatic N) is 2. The SMILES string of the molecule is c1ccc(C2=NC(c3cc4c(oc5cccc(-c6cccc(-c7cccc8sc9ccccc9c78)c6)c54)c4ccccc34)N=C(c3ccccc3)N2)cc1. The number of fused-ring (bicyclic) bond motifs is 8. The molecular weight excluding hydrogens is 679 g/mol. The monoisotopic (exact) mass is 709 g/mol. The molecule has 0 radical (unpaired) electrons. The summed E-state index contributed by atoms with van der Waals surface area (Å²) in [5.41, 5.74) is 9.49. The highest BCUT2D eigenvalue weighted by Crippen LogP contribution is 2.45. The predicted molar refractivity (Wildman–Crippen MR) is 227 cm³/mol. The van der Waals surface area contributed by atoms with E-state index in [1.807, 2.05) is 47.7 Å². The van der Waals surface area contributed by atoms with Gasteiger partial charge in [-0.05, 0) is 58.0 Å². The Kier molecular flexibility index (Phi) is 7.07. The predicted octanol–water partition coefficient (Wildman–Crippen LogP) is 12.9. The van der Waals surface area contributed by atoms with Gasteiger partial charge >= 0.3 is 0 Å². The first-order valence-electron chi connectivity index (χ1n) is 18.2. The molecule has 0 saturated carbocycles. The molecule has 4 nitrogen and oxygen atoms in total. The zero-order valence-corrected chi connectivity index (χ0v) is 29.8. The van der Waals surface area contributed by atoms with Crippen LogP contribution in [0.4, 0.5) is 0 Å². The Bertz CT molecular complexity index is 3080. The number of amidine groups is 2. The van der Waals surface area contributed by atoms with Crippen molar-refractivity contribution in [3.8, 4) is 22.3 Å². The zero-order valence-electron chi connectivity index (χ0n) is 29.0. The molecule has 0 amide bonds. The molecule has 5 heteroatoms. The lowest BCUT2D eigenvalue weighted by molar-refractivity contribution is 0.672. The van der Waals surface area contributed by atoms with E-state index in [2.05, 4.69) is 145 Å². The first kappa shape index (κ1) is 30.8. The summed E-state index contributed by atoms with van der Waals surface area (Å²) in [5.74, 6) is 1.59. The molecule has 0 fully saturated rings. The lowest BCUT2D eigenvalue weighted by atomic mass is 9.93. The molecule has 1 N–H and O–H groups in total. The summed E-state index contributed by atoms with van der Waals surface area (Å²) in [6.07, 6.45) is -0.479. The van der Waals surface area contributed by atoms with Crippen molar-refractivity contribution < 1.29 is 4.42 Å². The normalized spacial score (nSPS) is 13.5. The smallest absolute Gasteiger partial charge is 0.170 e. The van der Waals surface area contributed by atoms with Crippen molar-refractivity contribution in [2.45, 2.75) is 6.17 Å². The third-order valence-electron chi connectivity index (χ3n) is 10.5. The van der Waals surface area contributed by atoms with Crippen LogP contribution in [0.2, 0.25) is 0 Å². The first-order chi connectivity index (χ1) is 26.8. The van der Waals surface area contributed by atoms with E-state index >= 15 is 0 Å². The molecule has 54 heavy (non-hydrogen) atoms. The van der Waals surface area contributed by atoms with Crippen LogP contribution >= 0.6 is 11.3 Å². The number of aliphatic imine (C=N–C) groups is 2. The van der Waals surface area contributed by atoms with E-state index in [9.17, 15) is 0 Å². The Morgan fingerprint density at radius 1 is 0.444 bits per heavy atom. The molecule has 1 aliphatic heterocycles. The lowest BCUT2D eigenvalue weighted by Crippen LogP contribution is -2.36. The number of hydrogen-bond donors (Lipinski definition) is 1. The molecule has 254 valence electrons. The van der Waals surface area contributed by atoms with Crippen LogP contribution in [0.5, 0.6) is 0 Å². The number of nitrogens with one attached hydrogen (secondary N) is 1. The summed E-state index contributed by atoms with van der Waals surface area (Å²) < 4.78 is 9.39. The van der Waals surface area contributed by atoms with Crippen molar-refractivity contribution in [3.05, 3.63) is 193 Å². The summed E-state index contributed by atoms with van der Waals surface area (Å²) in [6.45, 7) is 0. The van der Waals surface area contributed by atoms with Crippen molar-refractivity contribution in [2.75, 3.05) is 0 Å². The Hall–Kier alpha value is -6.82. The molecule has 8 aromatic carbocycles. The van der Waals surface area contributed by atoms with Gasteiger partial charge < -0.3 is 9.73 Å². The summed E-state index contributed by atoms with van der Waals surface area (Å²) in [4.78, 5) is 10.6. The van der Waals surface area contributed by atoms with Gasteiger partial charge in [-0.15, -0.1) is 11.3 Å². The number of benzene rings is 8. The summed E-state index contributed by atoms with van der Waals surface area (Å²) in [7, 11) is 0. The van der Waals surface area contributed by atoms with Crippen LogP contribution in [0.15, 0.2) is 190 Å². The van der Waals surface area contributed by atoms with E-state index in [4.69, 9.17) is 14.4 Å². The van der Waals surface area contributed by atoms with Crippen LogP contribution in [0.25, 0.3) is 75.1 Å². The summed E-state index contributed by atoms with van der Waals surface area (Å²) >= 11 is 1.85. The van der Waals surface area contributed by atoms with Gasteiger partial charge in [0, 0.05) is 53.0 Å². The lowest BCUT2D eigenvalue weighted by Gasteiger charge is -2.23. The molecule has 2 aromatic heterocycles. The van der Waals surface area contributed by atoms with E-state index in [-0.39, 0.29) is 0 Å². The fourth-order valence-corrected chi connectivity index (χ4v) is 9.21. The van der Waals surface area contributed by atoms with E-state index in [1.165, 1.54) is 31.3 Å². The Balaban J connectivity index is 1.13. The second-order valence-electron chi connectivity index (χ2n) is 13.7. The average Bonchev–Trinajstić information content (AvgIpc) is 3.83. The molecule has 0 bridgehead atoms. The maximum Gasteiger partial charge on any atom is 0.170 e. The fraction of sp³-hybridized carbons (Fsp3) is 0.0204. The van der Waals surface area contributed by atoms with E-state index in [0.717, 1.165) is 72.2 Å². The number of rotatable bonds is 5. The van der Waals surface area contributed by atoms with Gasteiger partial charge in [0.05, 0.1) is 0 Å². The van der Waals surface area contributed by atoms with Crippen LogP contribution in [0.1, 0.15) is 22.9 Å². The molecule has 0 spiro atoms. The highest BCUT2D eigenvalue weighted by atomic mass is 32.1. The molecule has 0 unspecified atom stereocenters. The molecule has 0 atom stereocenters. The standard InChI is InChI=1S/C49H31N3OS/c1-3-14-30(15-4-1)47-50-48(31-16-5-2-6-17-31)52-49(51-47)39-29-40-44-34(23-12-25-41(44)53-46(40)37-21-8-7-20-36(37)39)32-18-11-19-33(28-32)35-24-13-27-43-45(35)38-22-9-10-26-42(38)54-43/h1-29,49H,(H,50,51,52). The van der Waals surface area contributed by atoms with Crippen molar-refractivity contribution in [1.82, 2.24) is 5.32 Å². The number of thiophene rings is 1. The molecular formula is C49H31N3OS. The van der Waals surface area contributed by atoms with Crippen molar-refractivity contribution in [3.63, 3.8) is 0 Å². The van der Waals surface area contributed by atoms with E-state index in [0.29, 0.717) is 0 Å². The molecule has 0 saturated heterocycles. The van der Waals surface area contributed by atoms with Crippen molar-refractivity contribution in [1.29, 1.82) is 0 Å². The third kappa shape index (κ3) is 4.97. The largest absolute Gasteiger partial charge is 0.455 e. The molecule has 11 rings (SSSR count). The van der Waals surface area contributed by atoms with Gasteiger partial charge in [-0.25, -0.2) is 9.98 Å². The van der Waals surface area contributed by atoms with Gasteiger partial charge in [0.2, 0.25) is 0 Å². The van der Waals surface area contributed by atoms with Crippen LogP contribution in [-0.2, 0) is 0 Å². The Morgan fingerprint density at radius 3 is 1.72 bits per heavy atom. The second kappa shape index (κ2) is 12.4. The highest BCUT2D eigenvalue weighted by molar-refractivity contribution is 7.25. The van der Waals surface area contributed by atoms with E-state index in [1.54, 1.807) is 0 Å². The highest BCUT2D eigenvalue weighted by Gasteiger charge is 2.25. The Labute approximate surface area is 315 Å². The third-order valence-corrected chi connectivity index (χ3v) is 11.7. The maximum absolute atomic E-state index is 6.78. The van der Waals surface area contributed by atoms with Gasteiger partial charge in [0.25, 0.3) is 0 Å². The average molecular weight is 710 g/mol. The topological polar surface area (TPSA) is 49.9 Å². The second-order valence-corrected chi connectivity index (χ2v) is 14.8. The molecule has 0 aliphatic carbocycles. The maximum atomic E-state index is 6.78. The minimum absolute atomic E-state index is 0.479. The summed E-state index contributed by atoms with van der Waals surface area (Å²) in [6, 6.07) is 62.0. The van der Waals surface area contributed by atoms with Crippen LogP contribution in [0.3, 0.4) is 0 Å². The minimum Gasteiger partial charge on any atom is -0.455 e. The summed E-state index contributed by atoms with van der Waals surface area (Å²) in [5, 5.41) is 10.4. The zero-order chi connectivity index (χ0) is 35.6. The molecule has 3 heterocycles. The fourth-order valence-electron chi connectivity index (χ4n) is 8.07. The van der Waals surface area contributed by atoms with Crippen molar-refractivity contribution in [2.24, 2.45) is 9.98 Å². The van der Waals surface area contributed by atoms with E-state index < -0.39 is 6.17 Å². The minimum atomic E-state index is -0.479. The van der Waals surface area contributed by atoms with Crippen LogP contribution < -0.4 is 5.32 Å². The van der Waals surface area contributed by atoms with Crippen LogP contribution in [-0.4, -0.2) is 11.7 Å². The van der Waals surface area contributed by atoms with Gasteiger partial charge in [-0.1, -0.05) is 146 Å². The number of hydrogen-bond acceptors (Lipinski definition) is 5. The Morgan fingerprint density at radius 2 is 1.00 bits per heavy atom. The van der Waals surface area contributed by atoms with Crippen molar-refractivity contribution >= 4 is 75.9 Å². The number of furan rings is 1. The van der Waals surface area contributed by atoms with Gasteiger partial charge in [-0.3, -0.25) is 0 Å². The quantitative estimate of drug-likeness (QED) is 0.193. The molecule has 10 aromatic rings. The molecule has 1 aliphatic rings. The van der Waals surface area contributed by atoms with Crippen LogP contribution in [0, 0.1) is 0 Å².